The maximum atomic E-state index is 4.30. The predicted molar refractivity (Wildman–Crippen MR) is 61.1 cm³/mol. The topological polar surface area (TPSA) is 12.9 Å². The smallest absolute Gasteiger partial charge is 0.0939 e. The zero-order chi connectivity index (χ0) is 8.97. The van der Waals surface area contributed by atoms with Gasteiger partial charge >= 0.3 is 0 Å². The Balaban J connectivity index is 2.50. The molecule has 0 bridgehead atoms. The third-order valence-electron chi connectivity index (χ3n) is 1.78. The second-order valence-corrected chi connectivity index (χ2v) is 5.83. The van der Waals surface area contributed by atoms with Crippen molar-refractivity contribution in [2.24, 2.45) is 5.92 Å². The van der Waals surface area contributed by atoms with Crippen molar-refractivity contribution in [3.05, 3.63) is 15.0 Å². The normalized spacial score (nSPS) is 13.2. The molecule has 0 N–H and O–H groups in total. The number of rotatable bonds is 4. The van der Waals surface area contributed by atoms with Gasteiger partial charge in [0, 0.05) is 11.8 Å². The molecule has 0 aromatic carbocycles. The molecule has 0 fully saturated rings. The first-order chi connectivity index (χ1) is 5.76. The molecule has 1 heterocycles. The van der Waals surface area contributed by atoms with Crippen LogP contribution in [-0.2, 0) is 6.42 Å². The number of halogens is 2. The maximum absolute atomic E-state index is 4.30. The fourth-order valence-electron chi connectivity index (χ4n) is 0.937. The van der Waals surface area contributed by atoms with E-state index in [1.807, 2.05) is 6.20 Å². The lowest BCUT2D eigenvalue weighted by molar-refractivity contribution is 0.572. The summed E-state index contributed by atoms with van der Waals surface area (Å²) >= 11 is 8.65. The van der Waals surface area contributed by atoms with Crippen LogP contribution >= 0.6 is 43.2 Å². The number of thiazole rings is 1. The molecule has 0 spiro atoms. The third kappa shape index (κ3) is 3.15. The molecule has 0 aliphatic rings. The summed E-state index contributed by atoms with van der Waals surface area (Å²) < 4.78 is 1.13. The van der Waals surface area contributed by atoms with Gasteiger partial charge in [-0.2, -0.15) is 0 Å². The van der Waals surface area contributed by atoms with Crippen molar-refractivity contribution in [3.8, 4) is 0 Å². The summed E-state index contributed by atoms with van der Waals surface area (Å²) in [6.45, 7) is 2.22. The van der Waals surface area contributed by atoms with Gasteiger partial charge < -0.3 is 0 Å². The molecule has 1 unspecified atom stereocenters. The number of hydrogen-bond donors (Lipinski definition) is 0. The molecule has 0 aliphatic heterocycles. The molecular formula is C8H11Br2NS. The lowest BCUT2D eigenvalue weighted by Gasteiger charge is -2.07. The summed E-state index contributed by atoms with van der Waals surface area (Å²) in [5, 5.41) is 2.30. The first-order valence-corrected chi connectivity index (χ1v) is 6.65. The van der Waals surface area contributed by atoms with Crippen LogP contribution < -0.4 is 0 Å². The number of alkyl halides is 1. The van der Waals surface area contributed by atoms with E-state index in [2.05, 4.69) is 43.8 Å². The lowest BCUT2D eigenvalue weighted by atomic mass is 10.1. The molecule has 0 amide bonds. The van der Waals surface area contributed by atoms with E-state index in [-0.39, 0.29) is 0 Å². The summed E-state index contributed by atoms with van der Waals surface area (Å²) in [7, 11) is 0. The van der Waals surface area contributed by atoms with Crippen LogP contribution in [0.3, 0.4) is 0 Å². The van der Waals surface area contributed by atoms with Crippen LogP contribution in [0.15, 0.2) is 9.98 Å². The van der Waals surface area contributed by atoms with Crippen LogP contribution in [0, 0.1) is 5.92 Å². The standard InChI is InChI=1S/C8H11Br2NS/c1-2-6(4-9)3-8-11-5-7(10)12-8/h5-6H,2-4H2,1H3. The van der Waals surface area contributed by atoms with Gasteiger partial charge in [0.15, 0.2) is 0 Å². The fraction of sp³-hybridized carbons (Fsp3) is 0.625. The molecule has 1 atom stereocenters. The molecule has 68 valence electrons. The van der Waals surface area contributed by atoms with Gasteiger partial charge in [0.2, 0.25) is 0 Å². The monoisotopic (exact) mass is 311 g/mol. The summed E-state index contributed by atoms with van der Waals surface area (Å²) in [5.41, 5.74) is 0. The predicted octanol–water partition coefficient (Wildman–Crippen LogP) is 3.87. The molecule has 4 heteroatoms. The van der Waals surface area contributed by atoms with Crippen molar-refractivity contribution in [1.82, 2.24) is 4.98 Å². The average molecular weight is 313 g/mol. The number of aromatic nitrogens is 1. The Bertz CT molecular complexity index is 233. The van der Waals surface area contributed by atoms with Crippen LogP contribution in [0.25, 0.3) is 0 Å². The Morgan fingerprint density at radius 3 is 2.83 bits per heavy atom. The Hall–Kier alpha value is 0.590. The van der Waals surface area contributed by atoms with Crippen molar-refractivity contribution in [3.63, 3.8) is 0 Å². The average Bonchev–Trinajstić information content (AvgIpc) is 2.47. The first-order valence-electron chi connectivity index (χ1n) is 3.92. The molecule has 1 rings (SSSR count). The van der Waals surface area contributed by atoms with Gasteiger partial charge in [-0.25, -0.2) is 4.98 Å². The second-order valence-electron chi connectivity index (χ2n) is 2.69. The third-order valence-corrected chi connectivity index (χ3v) is 4.20. The van der Waals surface area contributed by atoms with Gasteiger partial charge in [0.25, 0.3) is 0 Å². The van der Waals surface area contributed by atoms with Gasteiger partial charge in [-0.1, -0.05) is 29.3 Å². The van der Waals surface area contributed by atoms with Crippen molar-refractivity contribution in [2.75, 3.05) is 5.33 Å². The van der Waals surface area contributed by atoms with Crippen molar-refractivity contribution in [2.45, 2.75) is 19.8 Å². The van der Waals surface area contributed by atoms with Gasteiger partial charge in [-0.3, -0.25) is 0 Å². The minimum Gasteiger partial charge on any atom is -0.248 e. The molecule has 0 saturated carbocycles. The highest BCUT2D eigenvalue weighted by atomic mass is 79.9. The highest BCUT2D eigenvalue weighted by Gasteiger charge is 2.08. The fourth-order valence-corrected chi connectivity index (χ4v) is 3.04. The highest BCUT2D eigenvalue weighted by Crippen LogP contribution is 2.23. The van der Waals surface area contributed by atoms with Crippen molar-refractivity contribution in [1.29, 1.82) is 0 Å². The van der Waals surface area contributed by atoms with E-state index in [9.17, 15) is 0 Å². The summed E-state index contributed by atoms with van der Waals surface area (Å²) in [6, 6.07) is 0. The molecule has 1 aromatic heterocycles. The Kier molecular flexibility index (Phi) is 4.75. The zero-order valence-corrected chi connectivity index (χ0v) is 10.9. The van der Waals surface area contributed by atoms with Gasteiger partial charge in [0.05, 0.1) is 15.0 Å². The van der Waals surface area contributed by atoms with Crippen LogP contribution in [-0.4, -0.2) is 10.3 Å². The Morgan fingerprint density at radius 1 is 1.67 bits per heavy atom. The molecule has 0 aliphatic carbocycles. The van der Waals surface area contributed by atoms with Gasteiger partial charge in [0.1, 0.15) is 0 Å². The largest absolute Gasteiger partial charge is 0.248 e. The van der Waals surface area contributed by atoms with E-state index in [1.165, 1.54) is 11.4 Å². The van der Waals surface area contributed by atoms with Crippen molar-refractivity contribution >= 4 is 43.2 Å². The molecule has 0 saturated heterocycles. The molecule has 0 radical (unpaired) electrons. The zero-order valence-electron chi connectivity index (χ0n) is 6.89. The Morgan fingerprint density at radius 2 is 2.42 bits per heavy atom. The summed E-state index contributed by atoms with van der Waals surface area (Å²) in [4.78, 5) is 4.30. The van der Waals surface area contributed by atoms with Crippen LogP contribution in [0.1, 0.15) is 18.4 Å². The Labute approximate surface area is 93.9 Å². The second kappa shape index (κ2) is 5.35. The van der Waals surface area contributed by atoms with Gasteiger partial charge in [-0.15, -0.1) is 11.3 Å². The van der Waals surface area contributed by atoms with E-state index >= 15 is 0 Å². The highest BCUT2D eigenvalue weighted by molar-refractivity contribution is 9.11. The minimum atomic E-state index is 0.725. The molecular weight excluding hydrogens is 302 g/mol. The maximum Gasteiger partial charge on any atom is 0.0939 e. The number of hydrogen-bond acceptors (Lipinski definition) is 2. The van der Waals surface area contributed by atoms with E-state index < -0.39 is 0 Å². The minimum absolute atomic E-state index is 0.725. The van der Waals surface area contributed by atoms with E-state index in [0.717, 1.165) is 21.5 Å². The first kappa shape index (κ1) is 10.7. The molecule has 12 heavy (non-hydrogen) atoms. The summed E-state index contributed by atoms with van der Waals surface area (Å²) in [5.74, 6) is 0.725. The van der Waals surface area contributed by atoms with E-state index in [4.69, 9.17) is 0 Å². The molecule has 1 aromatic rings. The van der Waals surface area contributed by atoms with Crippen molar-refractivity contribution < 1.29 is 0 Å². The van der Waals surface area contributed by atoms with Crippen LogP contribution in [0.2, 0.25) is 0 Å². The quantitative estimate of drug-likeness (QED) is 0.769. The number of nitrogens with zero attached hydrogens (tertiary/aromatic N) is 1. The molecule has 1 nitrogen and oxygen atoms in total. The van der Waals surface area contributed by atoms with Crippen LogP contribution in [0.5, 0.6) is 0 Å². The summed E-state index contributed by atoms with van der Waals surface area (Å²) in [6.07, 6.45) is 4.18. The van der Waals surface area contributed by atoms with E-state index in [0.29, 0.717) is 0 Å². The van der Waals surface area contributed by atoms with Crippen LogP contribution in [0.4, 0.5) is 0 Å². The lowest BCUT2D eigenvalue weighted by Crippen LogP contribution is -2.03. The van der Waals surface area contributed by atoms with Gasteiger partial charge in [-0.05, 0) is 21.8 Å². The SMILES string of the molecule is CCC(CBr)Cc1ncc(Br)s1. The van der Waals surface area contributed by atoms with E-state index in [1.54, 1.807) is 11.3 Å².